The predicted molar refractivity (Wildman–Crippen MR) is 109 cm³/mol. The Morgan fingerprint density at radius 2 is 1.64 bits per heavy atom. The van der Waals surface area contributed by atoms with E-state index < -0.39 is 15.8 Å². The van der Waals surface area contributed by atoms with E-state index in [9.17, 15) is 12.8 Å². The molecule has 0 amide bonds. The van der Waals surface area contributed by atoms with E-state index in [2.05, 4.69) is 15.8 Å². The summed E-state index contributed by atoms with van der Waals surface area (Å²) in [4.78, 5) is 4.67. The molecular formula is C22H17FN2O2S. The van der Waals surface area contributed by atoms with Gasteiger partial charge >= 0.3 is 0 Å². The van der Waals surface area contributed by atoms with Crippen molar-refractivity contribution in [2.45, 2.75) is 11.8 Å². The Bertz CT molecular complexity index is 1270. The lowest BCUT2D eigenvalue weighted by Crippen LogP contribution is -2.13. The van der Waals surface area contributed by atoms with Gasteiger partial charge in [-0.2, -0.15) is 0 Å². The first-order valence-electron chi connectivity index (χ1n) is 8.68. The van der Waals surface area contributed by atoms with Crippen LogP contribution in [-0.2, 0) is 10.0 Å². The Balaban J connectivity index is 1.75. The van der Waals surface area contributed by atoms with E-state index in [4.69, 9.17) is 0 Å². The summed E-state index contributed by atoms with van der Waals surface area (Å²) in [6, 6.07) is 21.6. The van der Waals surface area contributed by atoms with E-state index in [1.165, 1.54) is 12.1 Å². The number of benzene rings is 3. The molecule has 0 aliphatic carbocycles. The van der Waals surface area contributed by atoms with Gasteiger partial charge in [-0.05, 0) is 55.5 Å². The fourth-order valence-electron chi connectivity index (χ4n) is 3.01. The third-order valence-electron chi connectivity index (χ3n) is 4.42. The molecule has 3 aromatic carbocycles. The summed E-state index contributed by atoms with van der Waals surface area (Å²) in [5.41, 5.74) is 3.71. The molecule has 6 heteroatoms. The number of para-hydroxylation sites is 1. The summed E-state index contributed by atoms with van der Waals surface area (Å²) >= 11 is 0. The van der Waals surface area contributed by atoms with Crippen molar-refractivity contribution in [3.63, 3.8) is 0 Å². The lowest BCUT2D eigenvalue weighted by molar-refractivity contribution is 0.599. The maximum atomic E-state index is 13.1. The number of nitrogens with zero attached hydrogens (tertiary/aromatic N) is 1. The zero-order valence-electron chi connectivity index (χ0n) is 15.1. The molecule has 1 heterocycles. The van der Waals surface area contributed by atoms with E-state index in [0.717, 1.165) is 28.6 Å². The first-order chi connectivity index (χ1) is 13.4. The van der Waals surface area contributed by atoms with Crippen LogP contribution in [0.5, 0.6) is 0 Å². The summed E-state index contributed by atoms with van der Waals surface area (Å²) in [7, 11) is -3.85. The summed E-state index contributed by atoms with van der Waals surface area (Å²) in [5, 5.41) is 1.02. The van der Waals surface area contributed by atoms with Crippen molar-refractivity contribution in [3.05, 3.63) is 90.2 Å². The number of sulfonamides is 1. The van der Waals surface area contributed by atoms with Gasteiger partial charge < -0.3 is 0 Å². The Morgan fingerprint density at radius 3 is 2.43 bits per heavy atom. The fraction of sp³-hybridized carbons (Fsp3) is 0.0455. The molecule has 0 aliphatic heterocycles. The van der Waals surface area contributed by atoms with Crippen molar-refractivity contribution < 1.29 is 12.8 Å². The minimum absolute atomic E-state index is 0.00866. The molecule has 0 spiro atoms. The number of fused-ring (bicyclic) bond motifs is 1. The molecule has 0 radical (unpaired) electrons. The topological polar surface area (TPSA) is 59.1 Å². The number of pyridine rings is 1. The van der Waals surface area contributed by atoms with Gasteiger partial charge in [-0.25, -0.2) is 17.8 Å². The van der Waals surface area contributed by atoms with Crippen molar-refractivity contribution in [2.75, 3.05) is 4.72 Å². The number of halogens is 1. The van der Waals surface area contributed by atoms with Crippen LogP contribution in [0.4, 0.5) is 10.1 Å². The minimum Gasteiger partial charge on any atom is -0.279 e. The number of nitrogens with one attached hydrogen (secondary N) is 1. The third kappa shape index (κ3) is 3.59. The molecule has 4 nitrogen and oxygen atoms in total. The highest BCUT2D eigenvalue weighted by atomic mass is 32.2. The quantitative estimate of drug-likeness (QED) is 0.522. The van der Waals surface area contributed by atoms with Crippen molar-refractivity contribution in [2.24, 2.45) is 0 Å². The van der Waals surface area contributed by atoms with Crippen LogP contribution in [0.2, 0.25) is 0 Å². The van der Waals surface area contributed by atoms with Gasteiger partial charge in [0.05, 0.1) is 21.8 Å². The van der Waals surface area contributed by atoms with Crippen LogP contribution in [0.3, 0.4) is 0 Å². The fourth-order valence-corrected chi connectivity index (χ4v) is 4.09. The molecule has 4 rings (SSSR count). The Hall–Kier alpha value is -3.25. The monoisotopic (exact) mass is 392 g/mol. The first kappa shape index (κ1) is 18.1. The molecule has 0 saturated heterocycles. The van der Waals surface area contributed by atoms with E-state index in [1.54, 1.807) is 12.1 Å². The SMILES string of the molecule is Cc1ccc2nc(-c3ccccc3NS(=O)(=O)c3ccc(F)cc3)ccc2c1. The van der Waals surface area contributed by atoms with Gasteiger partial charge in [-0.1, -0.05) is 35.9 Å². The van der Waals surface area contributed by atoms with Crippen LogP contribution in [0, 0.1) is 12.7 Å². The van der Waals surface area contributed by atoms with Crippen molar-refractivity contribution in [1.82, 2.24) is 4.98 Å². The Kier molecular flexibility index (Phi) is 4.57. The third-order valence-corrected chi connectivity index (χ3v) is 5.80. The number of rotatable bonds is 4. The van der Waals surface area contributed by atoms with Crippen LogP contribution in [0.15, 0.2) is 83.8 Å². The lowest BCUT2D eigenvalue weighted by Gasteiger charge is -2.13. The van der Waals surface area contributed by atoms with E-state index in [0.29, 0.717) is 16.9 Å². The molecule has 0 atom stereocenters. The zero-order valence-corrected chi connectivity index (χ0v) is 15.9. The van der Waals surface area contributed by atoms with Gasteiger partial charge in [-0.15, -0.1) is 0 Å². The van der Waals surface area contributed by atoms with Crippen molar-refractivity contribution >= 4 is 26.6 Å². The molecule has 140 valence electrons. The average Bonchev–Trinajstić information content (AvgIpc) is 2.68. The van der Waals surface area contributed by atoms with Crippen LogP contribution in [-0.4, -0.2) is 13.4 Å². The van der Waals surface area contributed by atoms with E-state index in [1.807, 2.05) is 43.3 Å². The molecule has 0 unspecified atom stereocenters. The molecule has 0 bridgehead atoms. The summed E-state index contributed by atoms with van der Waals surface area (Å²) in [6.45, 7) is 2.02. The van der Waals surface area contributed by atoms with Gasteiger partial charge in [-0.3, -0.25) is 4.72 Å². The molecule has 0 aliphatic rings. The summed E-state index contributed by atoms with van der Waals surface area (Å²) in [6.07, 6.45) is 0. The van der Waals surface area contributed by atoms with Gasteiger partial charge in [0.2, 0.25) is 0 Å². The lowest BCUT2D eigenvalue weighted by atomic mass is 10.1. The summed E-state index contributed by atoms with van der Waals surface area (Å²) in [5.74, 6) is -0.491. The van der Waals surface area contributed by atoms with Gasteiger partial charge in [0, 0.05) is 10.9 Å². The molecule has 28 heavy (non-hydrogen) atoms. The van der Waals surface area contributed by atoms with Crippen LogP contribution in [0.25, 0.3) is 22.2 Å². The molecular weight excluding hydrogens is 375 g/mol. The number of hydrogen-bond acceptors (Lipinski definition) is 3. The Morgan fingerprint density at radius 1 is 0.893 bits per heavy atom. The van der Waals surface area contributed by atoms with Crippen LogP contribution < -0.4 is 4.72 Å². The molecule has 1 N–H and O–H groups in total. The normalized spacial score (nSPS) is 11.5. The number of anilines is 1. The average molecular weight is 392 g/mol. The van der Waals surface area contributed by atoms with Crippen molar-refractivity contribution in [3.8, 4) is 11.3 Å². The second-order valence-corrected chi connectivity index (χ2v) is 8.18. The first-order valence-corrected chi connectivity index (χ1v) is 10.2. The molecule has 4 aromatic rings. The smallest absolute Gasteiger partial charge is 0.261 e. The molecule has 0 fully saturated rings. The number of hydrogen-bond donors (Lipinski definition) is 1. The van der Waals surface area contributed by atoms with E-state index in [-0.39, 0.29) is 4.90 Å². The van der Waals surface area contributed by atoms with Gasteiger partial charge in [0.15, 0.2) is 0 Å². The van der Waals surface area contributed by atoms with Crippen molar-refractivity contribution in [1.29, 1.82) is 0 Å². The standard InChI is InChI=1S/C22H17FN2O2S/c1-15-6-12-20-16(14-15)7-13-21(24-20)19-4-2-3-5-22(19)25-28(26,27)18-10-8-17(23)9-11-18/h2-14,25H,1H3. The zero-order chi connectivity index (χ0) is 19.7. The second-order valence-electron chi connectivity index (χ2n) is 6.50. The number of aromatic nitrogens is 1. The highest BCUT2D eigenvalue weighted by Crippen LogP contribution is 2.30. The molecule has 0 saturated carbocycles. The highest BCUT2D eigenvalue weighted by molar-refractivity contribution is 7.92. The largest absolute Gasteiger partial charge is 0.279 e. The number of aryl methyl sites for hydroxylation is 1. The Labute approximate surface area is 162 Å². The predicted octanol–water partition coefficient (Wildman–Crippen LogP) is 5.15. The van der Waals surface area contributed by atoms with E-state index >= 15 is 0 Å². The molecule has 1 aromatic heterocycles. The maximum Gasteiger partial charge on any atom is 0.261 e. The maximum absolute atomic E-state index is 13.1. The second kappa shape index (κ2) is 7.05. The van der Waals surface area contributed by atoms with Gasteiger partial charge in [0.25, 0.3) is 10.0 Å². The van der Waals surface area contributed by atoms with Crippen LogP contribution >= 0.6 is 0 Å². The minimum atomic E-state index is -3.85. The summed E-state index contributed by atoms with van der Waals surface area (Å²) < 4.78 is 41.1. The highest BCUT2D eigenvalue weighted by Gasteiger charge is 2.17. The van der Waals surface area contributed by atoms with Crippen LogP contribution in [0.1, 0.15) is 5.56 Å². The van der Waals surface area contributed by atoms with Gasteiger partial charge in [0.1, 0.15) is 5.82 Å².